The molecule has 2 aliphatic rings. The number of hydrogen-bond donors (Lipinski definition) is 1. The Kier molecular flexibility index (Phi) is 3.13. The van der Waals surface area contributed by atoms with E-state index in [1.165, 1.54) is 32.2 Å². The fourth-order valence-electron chi connectivity index (χ4n) is 3.01. The minimum absolute atomic E-state index is 0.755. The van der Waals surface area contributed by atoms with E-state index in [0.717, 1.165) is 24.0 Å². The molecule has 4 atom stereocenters. The first kappa shape index (κ1) is 10.4. The van der Waals surface area contributed by atoms with Crippen LogP contribution in [0.3, 0.4) is 0 Å². The number of likely N-dealkylation sites (N-methyl/N-ethyl adjacent to an activating group) is 1. The number of nitrogens with one attached hydrogen (secondary N) is 1. The average Bonchev–Trinajstić information content (AvgIpc) is 2.62. The van der Waals surface area contributed by atoms with Crippen molar-refractivity contribution in [3.8, 4) is 0 Å². The highest BCUT2D eigenvalue weighted by molar-refractivity contribution is 4.89. The van der Waals surface area contributed by atoms with Gasteiger partial charge in [-0.05, 0) is 45.6 Å². The predicted octanol–water partition coefficient (Wildman–Crippen LogP) is 1.86. The summed E-state index contributed by atoms with van der Waals surface area (Å²) in [5, 5.41) is 3.83. The number of rotatable bonds is 2. The molecule has 1 heterocycles. The van der Waals surface area contributed by atoms with Gasteiger partial charge in [0.05, 0.1) is 0 Å². The van der Waals surface area contributed by atoms with E-state index in [4.69, 9.17) is 0 Å². The summed E-state index contributed by atoms with van der Waals surface area (Å²) in [5.74, 6) is 0.948. The Labute approximate surface area is 88.1 Å². The normalized spacial score (nSPS) is 44.8. The van der Waals surface area contributed by atoms with Crippen molar-refractivity contribution >= 4 is 0 Å². The summed E-state index contributed by atoms with van der Waals surface area (Å²) in [6.45, 7) is 5.95. The lowest BCUT2D eigenvalue weighted by atomic mass is 10.1. The van der Waals surface area contributed by atoms with Crippen LogP contribution >= 0.6 is 0 Å². The van der Waals surface area contributed by atoms with Gasteiger partial charge in [0.1, 0.15) is 0 Å². The third-order valence-electron chi connectivity index (χ3n) is 4.05. The highest BCUT2D eigenvalue weighted by atomic mass is 15.2. The van der Waals surface area contributed by atoms with E-state index in [1.807, 2.05) is 0 Å². The first-order valence-corrected chi connectivity index (χ1v) is 6.11. The van der Waals surface area contributed by atoms with Gasteiger partial charge in [0.2, 0.25) is 0 Å². The van der Waals surface area contributed by atoms with Crippen molar-refractivity contribution in [3.63, 3.8) is 0 Å². The van der Waals surface area contributed by atoms with Crippen LogP contribution < -0.4 is 5.32 Å². The van der Waals surface area contributed by atoms with Crippen LogP contribution in [0.4, 0.5) is 0 Å². The van der Waals surface area contributed by atoms with E-state index in [0.29, 0.717) is 0 Å². The molecule has 0 aromatic carbocycles. The van der Waals surface area contributed by atoms with Crippen LogP contribution in [-0.4, -0.2) is 36.6 Å². The summed E-state index contributed by atoms with van der Waals surface area (Å²) in [6, 6.07) is 2.34. The maximum Gasteiger partial charge on any atom is 0.0212 e. The number of nitrogens with zero attached hydrogens (tertiary/aromatic N) is 1. The third kappa shape index (κ3) is 2.29. The minimum Gasteiger partial charge on any atom is -0.310 e. The van der Waals surface area contributed by atoms with Crippen LogP contribution in [0.5, 0.6) is 0 Å². The molecular weight excluding hydrogens is 172 g/mol. The Balaban J connectivity index is 1.76. The molecule has 0 bridgehead atoms. The van der Waals surface area contributed by atoms with Gasteiger partial charge in [-0.25, -0.2) is 0 Å². The van der Waals surface area contributed by atoms with Gasteiger partial charge in [-0.1, -0.05) is 6.92 Å². The zero-order valence-corrected chi connectivity index (χ0v) is 9.79. The van der Waals surface area contributed by atoms with Crippen LogP contribution in [0, 0.1) is 5.92 Å². The smallest absolute Gasteiger partial charge is 0.0212 e. The molecule has 2 nitrogen and oxygen atoms in total. The van der Waals surface area contributed by atoms with E-state index in [9.17, 15) is 0 Å². The third-order valence-corrected chi connectivity index (χ3v) is 4.05. The quantitative estimate of drug-likeness (QED) is 0.725. The lowest BCUT2D eigenvalue weighted by Crippen LogP contribution is -2.38. The van der Waals surface area contributed by atoms with E-state index >= 15 is 0 Å². The van der Waals surface area contributed by atoms with Crippen molar-refractivity contribution in [2.45, 2.75) is 57.7 Å². The molecule has 1 saturated heterocycles. The van der Waals surface area contributed by atoms with Gasteiger partial charge in [0.15, 0.2) is 0 Å². The van der Waals surface area contributed by atoms with Crippen LogP contribution in [0.1, 0.15) is 39.5 Å². The zero-order chi connectivity index (χ0) is 10.1. The van der Waals surface area contributed by atoms with Gasteiger partial charge in [0.25, 0.3) is 0 Å². The van der Waals surface area contributed by atoms with E-state index in [2.05, 4.69) is 31.1 Å². The van der Waals surface area contributed by atoms with Crippen LogP contribution in [0.2, 0.25) is 0 Å². The molecule has 0 amide bonds. The maximum absolute atomic E-state index is 3.83. The Morgan fingerprint density at radius 1 is 1.07 bits per heavy atom. The maximum atomic E-state index is 3.83. The number of likely N-dealkylation sites (tertiary alicyclic amines) is 1. The van der Waals surface area contributed by atoms with Crippen molar-refractivity contribution in [2.24, 2.45) is 5.92 Å². The molecular formula is C12H24N2. The summed E-state index contributed by atoms with van der Waals surface area (Å²) in [5.41, 5.74) is 0. The molecule has 1 saturated carbocycles. The molecule has 1 N–H and O–H groups in total. The van der Waals surface area contributed by atoms with Crippen molar-refractivity contribution in [1.82, 2.24) is 10.2 Å². The molecule has 14 heavy (non-hydrogen) atoms. The van der Waals surface area contributed by atoms with E-state index < -0.39 is 0 Å². The zero-order valence-electron chi connectivity index (χ0n) is 9.79. The molecule has 2 fully saturated rings. The fraction of sp³-hybridized carbons (Fsp3) is 1.00. The van der Waals surface area contributed by atoms with Crippen LogP contribution in [-0.2, 0) is 0 Å². The van der Waals surface area contributed by atoms with Crippen molar-refractivity contribution in [1.29, 1.82) is 0 Å². The minimum atomic E-state index is 0.755. The second kappa shape index (κ2) is 4.19. The molecule has 0 aromatic heterocycles. The molecule has 1 aliphatic heterocycles. The molecule has 2 rings (SSSR count). The number of hydrogen-bond acceptors (Lipinski definition) is 2. The first-order chi connectivity index (χ1) is 6.65. The Morgan fingerprint density at radius 2 is 1.86 bits per heavy atom. The summed E-state index contributed by atoms with van der Waals surface area (Å²) in [7, 11) is 2.24. The van der Waals surface area contributed by atoms with E-state index in [-0.39, 0.29) is 0 Å². The highest BCUT2D eigenvalue weighted by Crippen LogP contribution is 2.26. The van der Waals surface area contributed by atoms with Crippen LogP contribution in [0.25, 0.3) is 0 Å². The predicted molar refractivity (Wildman–Crippen MR) is 60.4 cm³/mol. The molecule has 82 valence electrons. The van der Waals surface area contributed by atoms with Crippen LogP contribution in [0.15, 0.2) is 0 Å². The molecule has 0 radical (unpaired) electrons. The van der Waals surface area contributed by atoms with Crippen molar-refractivity contribution < 1.29 is 0 Å². The van der Waals surface area contributed by atoms with Crippen molar-refractivity contribution in [3.05, 3.63) is 0 Å². The fourth-order valence-corrected chi connectivity index (χ4v) is 3.01. The SMILES string of the molecule is CC1CCC(NC2CC(C)N(C)C2)C1. The molecule has 2 heteroatoms. The molecule has 0 spiro atoms. The lowest BCUT2D eigenvalue weighted by Gasteiger charge is -2.18. The molecule has 1 aliphatic carbocycles. The standard InChI is InChI=1S/C12H24N2/c1-9-4-5-11(6-9)13-12-7-10(2)14(3)8-12/h9-13H,4-8H2,1-3H3. The monoisotopic (exact) mass is 196 g/mol. The summed E-state index contributed by atoms with van der Waals surface area (Å²) >= 11 is 0. The largest absolute Gasteiger partial charge is 0.310 e. The second-order valence-electron chi connectivity index (χ2n) is 5.50. The molecule has 4 unspecified atom stereocenters. The lowest BCUT2D eigenvalue weighted by molar-refractivity contribution is 0.324. The van der Waals surface area contributed by atoms with E-state index in [1.54, 1.807) is 0 Å². The van der Waals surface area contributed by atoms with Gasteiger partial charge in [-0.15, -0.1) is 0 Å². The Morgan fingerprint density at radius 3 is 2.36 bits per heavy atom. The van der Waals surface area contributed by atoms with Gasteiger partial charge >= 0.3 is 0 Å². The molecule has 0 aromatic rings. The summed E-state index contributed by atoms with van der Waals surface area (Å²) in [6.07, 6.45) is 5.56. The highest BCUT2D eigenvalue weighted by Gasteiger charge is 2.29. The summed E-state index contributed by atoms with van der Waals surface area (Å²) in [4.78, 5) is 2.47. The van der Waals surface area contributed by atoms with Gasteiger partial charge < -0.3 is 10.2 Å². The van der Waals surface area contributed by atoms with Gasteiger partial charge in [-0.2, -0.15) is 0 Å². The Hall–Kier alpha value is -0.0800. The van der Waals surface area contributed by atoms with Gasteiger partial charge in [0, 0.05) is 24.7 Å². The first-order valence-electron chi connectivity index (χ1n) is 6.11. The second-order valence-corrected chi connectivity index (χ2v) is 5.50. The topological polar surface area (TPSA) is 15.3 Å². The van der Waals surface area contributed by atoms with Crippen molar-refractivity contribution in [2.75, 3.05) is 13.6 Å². The Bertz CT molecular complexity index is 183. The summed E-state index contributed by atoms with van der Waals surface area (Å²) < 4.78 is 0. The van der Waals surface area contributed by atoms with Gasteiger partial charge in [-0.3, -0.25) is 0 Å². The average molecular weight is 196 g/mol.